The SMILES string of the molecule is O=C1O[C@]23CCC[C@@H]2Sc2nc(Cl)ccc2N3C1=O. The summed E-state index contributed by atoms with van der Waals surface area (Å²) in [6.07, 6.45) is 2.51. The van der Waals surface area contributed by atoms with Crippen molar-refractivity contribution in [1.82, 2.24) is 4.98 Å². The third kappa shape index (κ3) is 1.36. The lowest BCUT2D eigenvalue weighted by Gasteiger charge is -2.40. The van der Waals surface area contributed by atoms with Crippen molar-refractivity contribution in [2.75, 3.05) is 4.90 Å². The summed E-state index contributed by atoms with van der Waals surface area (Å²) in [6.45, 7) is 0. The number of carbonyl (C=O) groups is 2. The summed E-state index contributed by atoms with van der Waals surface area (Å²) in [7, 11) is 0. The first-order chi connectivity index (χ1) is 9.12. The normalized spacial score (nSPS) is 31.8. The number of anilines is 1. The number of fused-ring (bicyclic) bond motifs is 2. The summed E-state index contributed by atoms with van der Waals surface area (Å²) in [5.74, 6) is -1.37. The first-order valence-electron chi connectivity index (χ1n) is 6.02. The predicted octanol–water partition coefficient (Wildman–Crippen LogP) is 1.98. The Hall–Kier alpha value is -1.27. The maximum Gasteiger partial charge on any atom is 0.399 e. The Bertz CT molecular complexity index is 623. The van der Waals surface area contributed by atoms with Gasteiger partial charge in [0.25, 0.3) is 0 Å². The van der Waals surface area contributed by atoms with Gasteiger partial charge in [-0.05, 0) is 25.0 Å². The fourth-order valence-corrected chi connectivity index (χ4v) is 4.72. The van der Waals surface area contributed by atoms with E-state index in [1.54, 1.807) is 23.9 Å². The molecule has 1 aromatic rings. The summed E-state index contributed by atoms with van der Waals surface area (Å²) in [5, 5.41) is 1.12. The summed E-state index contributed by atoms with van der Waals surface area (Å²) in [5.41, 5.74) is -0.176. The van der Waals surface area contributed by atoms with Crippen LogP contribution in [0.4, 0.5) is 5.69 Å². The van der Waals surface area contributed by atoms with Crippen LogP contribution >= 0.6 is 23.4 Å². The number of hydrogen-bond donors (Lipinski definition) is 0. The molecule has 2 aliphatic heterocycles. The van der Waals surface area contributed by atoms with Crippen molar-refractivity contribution < 1.29 is 14.3 Å². The van der Waals surface area contributed by atoms with Gasteiger partial charge in [-0.1, -0.05) is 23.4 Å². The molecular formula is C12H9ClN2O3S. The van der Waals surface area contributed by atoms with E-state index in [1.165, 1.54) is 4.90 Å². The van der Waals surface area contributed by atoms with Crippen molar-refractivity contribution in [2.45, 2.75) is 35.3 Å². The highest BCUT2D eigenvalue weighted by Gasteiger charge is 2.63. The van der Waals surface area contributed by atoms with E-state index < -0.39 is 17.6 Å². The number of hydrogen-bond acceptors (Lipinski definition) is 5. The van der Waals surface area contributed by atoms with Crippen molar-refractivity contribution in [2.24, 2.45) is 0 Å². The molecule has 3 aliphatic rings. The maximum absolute atomic E-state index is 12.1. The predicted molar refractivity (Wildman–Crippen MR) is 69.1 cm³/mol. The quantitative estimate of drug-likeness (QED) is 0.416. The zero-order valence-corrected chi connectivity index (χ0v) is 11.3. The molecular weight excluding hydrogens is 288 g/mol. The van der Waals surface area contributed by atoms with E-state index in [4.69, 9.17) is 16.3 Å². The molecule has 98 valence electrons. The number of rotatable bonds is 0. The summed E-state index contributed by atoms with van der Waals surface area (Å²) in [4.78, 5) is 29.5. The Kier molecular flexibility index (Phi) is 2.21. The summed E-state index contributed by atoms with van der Waals surface area (Å²) < 4.78 is 5.43. The largest absolute Gasteiger partial charge is 0.430 e. The maximum atomic E-state index is 12.1. The van der Waals surface area contributed by atoms with E-state index in [-0.39, 0.29) is 5.25 Å². The van der Waals surface area contributed by atoms with Gasteiger partial charge >= 0.3 is 11.9 Å². The number of thioether (sulfide) groups is 1. The Morgan fingerprint density at radius 1 is 1.47 bits per heavy atom. The summed E-state index contributed by atoms with van der Waals surface area (Å²) >= 11 is 7.45. The molecule has 0 unspecified atom stereocenters. The molecule has 0 radical (unpaired) electrons. The van der Waals surface area contributed by atoms with Gasteiger partial charge in [0.15, 0.2) is 0 Å². The molecule has 2 atom stereocenters. The fourth-order valence-electron chi connectivity index (χ4n) is 3.08. The fraction of sp³-hybridized carbons (Fsp3) is 0.417. The highest BCUT2D eigenvalue weighted by Crippen LogP contribution is 2.55. The van der Waals surface area contributed by atoms with Crippen LogP contribution in [-0.4, -0.2) is 27.8 Å². The molecule has 7 heteroatoms. The molecule has 1 saturated carbocycles. The monoisotopic (exact) mass is 296 g/mol. The Balaban J connectivity index is 1.95. The third-order valence-corrected chi connectivity index (χ3v) is 5.45. The van der Waals surface area contributed by atoms with Crippen LogP contribution in [0, 0.1) is 0 Å². The van der Waals surface area contributed by atoms with Crippen LogP contribution in [0.15, 0.2) is 17.2 Å². The molecule has 0 aromatic carbocycles. The zero-order chi connectivity index (χ0) is 13.2. The first kappa shape index (κ1) is 11.5. The molecule has 3 heterocycles. The molecule has 1 aliphatic carbocycles. The van der Waals surface area contributed by atoms with Crippen molar-refractivity contribution >= 4 is 40.9 Å². The highest BCUT2D eigenvalue weighted by atomic mass is 35.5. The molecule has 1 saturated heterocycles. The molecule has 0 bridgehead atoms. The highest BCUT2D eigenvalue weighted by molar-refractivity contribution is 8.00. The Morgan fingerprint density at radius 3 is 3.16 bits per heavy atom. The lowest BCUT2D eigenvalue weighted by molar-refractivity contribution is -0.152. The molecule has 2 fully saturated rings. The Labute approximate surface area is 118 Å². The molecule has 19 heavy (non-hydrogen) atoms. The lowest BCUT2D eigenvalue weighted by Crippen LogP contribution is -2.53. The van der Waals surface area contributed by atoms with Crippen LogP contribution in [0.3, 0.4) is 0 Å². The average Bonchev–Trinajstić information content (AvgIpc) is 2.87. The van der Waals surface area contributed by atoms with Crippen molar-refractivity contribution in [1.29, 1.82) is 0 Å². The van der Waals surface area contributed by atoms with Crippen LogP contribution in [0.5, 0.6) is 0 Å². The molecule has 5 nitrogen and oxygen atoms in total. The number of nitrogens with zero attached hydrogens (tertiary/aromatic N) is 2. The van der Waals surface area contributed by atoms with Crippen LogP contribution in [0.1, 0.15) is 19.3 Å². The van der Waals surface area contributed by atoms with E-state index >= 15 is 0 Å². The second kappa shape index (κ2) is 3.64. The minimum atomic E-state index is -0.804. The van der Waals surface area contributed by atoms with E-state index in [1.807, 2.05) is 0 Å². The standard InChI is InChI=1S/C12H9ClN2O3S/c13-8-4-3-6-9(14-8)19-7-2-1-5-12(7)15(6)10(16)11(17)18-12/h3-4,7H,1-2,5H2/t7-,12+/m0/s1. The van der Waals surface area contributed by atoms with E-state index in [9.17, 15) is 9.59 Å². The van der Waals surface area contributed by atoms with E-state index in [0.29, 0.717) is 22.3 Å². The smallest absolute Gasteiger partial charge is 0.399 e. The molecule has 1 aromatic heterocycles. The number of aromatic nitrogens is 1. The molecule has 1 spiro atoms. The van der Waals surface area contributed by atoms with Gasteiger partial charge in [-0.3, -0.25) is 9.69 Å². The third-order valence-electron chi connectivity index (χ3n) is 3.83. The van der Waals surface area contributed by atoms with Crippen molar-refractivity contribution in [3.8, 4) is 0 Å². The number of pyridine rings is 1. The number of ether oxygens (including phenoxy) is 1. The number of amides is 1. The molecule has 0 N–H and O–H groups in total. The van der Waals surface area contributed by atoms with Gasteiger partial charge in [-0.2, -0.15) is 0 Å². The van der Waals surface area contributed by atoms with Gasteiger partial charge in [-0.15, -0.1) is 0 Å². The van der Waals surface area contributed by atoms with Crippen molar-refractivity contribution in [3.05, 3.63) is 17.3 Å². The van der Waals surface area contributed by atoms with Crippen LogP contribution in [0.25, 0.3) is 0 Å². The van der Waals surface area contributed by atoms with Gasteiger partial charge in [-0.25, -0.2) is 9.78 Å². The minimum absolute atomic E-state index is 0.0429. The zero-order valence-electron chi connectivity index (χ0n) is 9.76. The topological polar surface area (TPSA) is 59.5 Å². The first-order valence-corrected chi connectivity index (χ1v) is 7.28. The second-order valence-corrected chi connectivity index (χ2v) is 6.41. The minimum Gasteiger partial charge on any atom is -0.430 e. The van der Waals surface area contributed by atoms with Crippen LogP contribution in [-0.2, 0) is 14.3 Å². The Morgan fingerprint density at radius 2 is 2.32 bits per heavy atom. The molecule has 1 amide bonds. The van der Waals surface area contributed by atoms with Gasteiger partial charge in [0.05, 0.1) is 10.9 Å². The van der Waals surface area contributed by atoms with E-state index in [0.717, 1.165) is 12.8 Å². The summed E-state index contributed by atoms with van der Waals surface area (Å²) in [6, 6.07) is 3.35. The number of carbonyl (C=O) groups excluding carboxylic acids is 2. The van der Waals surface area contributed by atoms with Gasteiger partial charge in [0, 0.05) is 6.42 Å². The van der Waals surface area contributed by atoms with Crippen molar-refractivity contribution in [3.63, 3.8) is 0 Å². The van der Waals surface area contributed by atoms with Crippen LogP contribution in [0.2, 0.25) is 5.15 Å². The van der Waals surface area contributed by atoms with Crippen LogP contribution < -0.4 is 4.90 Å². The van der Waals surface area contributed by atoms with E-state index in [2.05, 4.69) is 4.98 Å². The number of esters is 1. The average molecular weight is 297 g/mol. The van der Waals surface area contributed by atoms with Gasteiger partial charge in [0.1, 0.15) is 10.2 Å². The lowest BCUT2D eigenvalue weighted by atomic mass is 10.1. The molecule has 4 rings (SSSR count). The van der Waals surface area contributed by atoms with Gasteiger partial charge in [0.2, 0.25) is 5.72 Å². The number of halogens is 1. The second-order valence-electron chi connectivity index (χ2n) is 4.83. The van der Waals surface area contributed by atoms with Gasteiger partial charge < -0.3 is 4.74 Å².